The normalized spacial score (nSPS) is 21.7. The largest absolute Gasteiger partial charge is 0.339 e. The third-order valence-corrected chi connectivity index (χ3v) is 4.52. The van der Waals surface area contributed by atoms with Gasteiger partial charge in [0.1, 0.15) is 0 Å². The van der Waals surface area contributed by atoms with Gasteiger partial charge in [-0.15, -0.1) is 0 Å². The van der Waals surface area contributed by atoms with Crippen LogP contribution in [0.5, 0.6) is 0 Å². The van der Waals surface area contributed by atoms with Gasteiger partial charge in [0.25, 0.3) is 5.91 Å². The minimum absolute atomic E-state index is 0.0632. The number of carbonyl (C=O) groups is 2. The van der Waals surface area contributed by atoms with Crippen LogP contribution in [0.25, 0.3) is 0 Å². The van der Waals surface area contributed by atoms with E-state index in [0.717, 1.165) is 24.8 Å². The molecule has 1 atom stereocenters. The fourth-order valence-electron chi connectivity index (χ4n) is 3.17. The van der Waals surface area contributed by atoms with Gasteiger partial charge in [-0.1, -0.05) is 30.4 Å². The molecule has 2 amide bonds. The summed E-state index contributed by atoms with van der Waals surface area (Å²) in [6.07, 6.45) is 7.09. The van der Waals surface area contributed by atoms with Crippen molar-refractivity contribution in [3.05, 3.63) is 48.0 Å². The molecular formula is C18H22N2O2. The molecule has 116 valence electrons. The lowest BCUT2D eigenvalue weighted by Crippen LogP contribution is -2.52. The Bertz CT molecular complexity index is 560. The number of hydrogen-bond donors (Lipinski definition) is 0. The van der Waals surface area contributed by atoms with Crippen LogP contribution in [-0.2, 0) is 4.79 Å². The number of rotatable bonds is 2. The smallest absolute Gasteiger partial charge is 0.253 e. The number of benzene rings is 1. The Labute approximate surface area is 131 Å². The summed E-state index contributed by atoms with van der Waals surface area (Å²) in [5, 5.41) is 0. The predicted octanol–water partition coefficient (Wildman–Crippen LogP) is 2.33. The molecule has 1 aliphatic heterocycles. The SMILES string of the molecule is O=C(c1ccccc1)N1CCN(C(=O)C2CC=CCC2)CC1. The highest BCUT2D eigenvalue weighted by molar-refractivity contribution is 5.94. The van der Waals surface area contributed by atoms with Crippen molar-refractivity contribution in [2.24, 2.45) is 5.92 Å². The van der Waals surface area contributed by atoms with Crippen molar-refractivity contribution >= 4 is 11.8 Å². The van der Waals surface area contributed by atoms with Crippen LogP contribution in [0, 0.1) is 5.92 Å². The van der Waals surface area contributed by atoms with Crippen molar-refractivity contribution in [2.45, 2.75) is 19.3 Å². The first kappa shape index (κ1) is 14.8. The van der Waals surface area contributed by atoms with Crippen molar-refractivity contribution in [3.63, 3.8) is 0 Å². The Kier molecular flexibility index (Phi) is 4.56. The van der Waals surface area contributed by atoms with Crippen LogP contribution in [-0.4, -0.2) is 47.8 Å². The van der Waals surface area contributed by atoms with Gasteiger partial charge < -0.3 is 9.80 Å². The van der Waals surface area contributed by atoms with E-state index in [2.05, 4.69) is 12.2 Å². The summed E-state index contributed by atoms with van der Waals surface area (Å²) in [6.45, 7) is 2.55. The Morgan fingerprint density at radius 2 is 1.59 bits per heavy atom. The van der Waals surface area contributed by atoms with E-state index in [1.54, 1.807) is 0 Å². The van der Waals surface area contributed by atoms with E-state index in [9.17, 15) is 9.59 Å². The van der Waals surface area contributed by atoms with E-state index >= 15 is 0 Å². The summed E-state index contributed by atoms with van der Waals surface area (Å²) in [4.78, 5) is 28.7. The average molecular weight is 298 g/mol. The molecule has 0 aromatic heterocycles. The fourth-order valence-corrected chi connectivity index (χ4v) is 3.17. The zero-order valence-corrected chi connectivity index (χ0v) is 12.8. The molecule has 4 heteroatoms. The molecule has 0 spiro atoms. The van der Waals surface area contributed by atoms with Gasteiger partial charge in [-0.2, -0.15) is 0 Å². The lowest BCUT2D eigenvalue weighted by molar-refractivity contribution is -0.137. The molecule has 22 heavy (non-hydrogen) atoms. The highest BCUT2D eigenvalue weighted by atomic mass is 16.2. The van der Waals surface area contributed by atoms with Crippen LogP contribution in [0.15, 0.2) is 42.5 Å². The fraction of sp³-hybridized carbons (Fsp3) is 0.444. The van der Waals surface area contributed by atoms with Gasteiger partial charge in [-0.25, -0.2) is 0 Å². The van der Waals surface area contributed by atoms with Gasteiger partial charge in [0.15, 0.2) is 0 Å². The van der Waals surface area contributed by atoms with Crippen LogP contribution in [0.2, 0.25) is 0 Å². The molecule has 1 aromatic rings. The van der Waals surface area contributed by atoms with Crippen LogP contribution in [0.1, 0.15) is 29.6 Å². The molecule has 0 saturated carbocycles. The van der Waals surface area contributed by atoms with Crippen molar-refractivity contribution in [1.29, 1.82) is 0 Å². The van der Waals surface area contributed by atoms with Crippen LogP contribution >= 0.6 is 0 Å². The van der Waals surface area contributed by atoms with E-state index in [0.29, 0.717) is 26.2 Å². The van der Waals surface area contributed by atoms with Gasteiger partial charge in [-0.3, -0.25) is 9.59 Å². The molecule has 0 N–H and O–H groups in total. The van der Waals surface area contributed by atoms with Crippen molar-refractivity contribution in [1.82, 2.24) is 9.80 Å². The first-order valence-electron chi connectivity index (χ1n) is 8.04. The second kappa shape index (κ2) is 6.77. The minimum atomic E-state index is 0.0632. The third kappa shape index (κ3) is 3.21. The topological polar surface area (TPSA) is 40.6 Å². The predicted molar refractivity (Wildman–Crippen MR) is 85.4 cm³/mol. The van der Waals surface area contributed by atoms with Gasteiger partial charge >= 0.3 is 0 Å². The molecule has 4 nitrogen and oxygen atoms in total. The number of nitrogens with zero attached hydrogens (tertiary/aromatic N) is 2. The Morgan fingerprint density at radius 1 is 0.909 bits per heavy atom. The molecule has 1 saturated heterocycles. The molecule has 2 aliphatic rings. The summed E-state index contributed by atoms with van der Waals surface area (Å²) >= 11 is 0. The van der Waals surface area contributed by atoms with E-state index in [1.807, 2.05) is 40.1 Å². The van der Waals surface area contributed by atoms with Crippen molar-refractivity contribution < 1.29 is 9.59 Å². The molecule has 3 rings (SSSR count). The first-order valence-corrected chi connectivity index (χ1v) is 8.04. The molecule has 0 radical (unpaired) electrons. The first-order chi connectivity index (χ1) is 10.8. The van der Waals surface area contributed by atoms with E-state index in [1.165, 1.54) is 0 Å². The highest BCUT2D eigenvalue weighted by Crippen LogP contribution is 2.21. The Morgan fingerprint density at radius 3 is 2.23 bits per heavy atom. The van der Waals surface area contributed by atoms with Crippen LogP contribution < -0.4 is 0 Å². The molecular weight excluding hydrogens is 276 g/mol. The van der Waals surface area contributed by atoms with Crippen LogP contribution in [0.4, 0.5) is 0 Å². The highest BCUT2D eigenvalue weighted by Gasteiger charge is 2.28. The summed E-state index contributed by atoms with van der Waals surface area (Å²) in [5.74, 6) is 0.464. The Hall–Kier alpha value is -2.10. The third-order valence-electron chi connectivity index (χ3n) is 4.52. The lowest BCUT2D eigenvalue weighted by Gasteiger charge is -2.36. The molecule has 1 unspecified atom stereocenters. The Balaban J connectivity index is 1.55. The average Bonchev–Trinajstić information content (AvgIpc) is 2.62. The number of piperazine rings is 1. The van der Waals surface area contributed by atoms with E-state index in [4.69, 9.17) is 0 Å². The maximum Gasteiger partial charge on any atom is 0.253 e. The standard InChI is InChI=1S/C18H22N2O2/c21-17(15-7-3-1-4-8-15)19-11-13-20(14-12-19)18(22)16-9-5-2-6-10-16/h1-5,7-8,16H,6,9-14H2. The maximum atomic E-state index is 12.5. The van der Waals surface area contributed by atoms with Gasteiger partial charge in [0.2, 0.25) is 5.91 Å². The molecule has 1 heterocycles. The molecule has 0 bridgehead atoms. The number of carbonyl (C=O) groups excluding carboxylic acids is 2. The summed E-state index contributed by atoms with van der Waals surface area (Å²) in [7, 11) is 0. The zero-order valence-electron chi connectivity index (χ0n) is 12.8. The lowest BCUT2D eigenvalue weighted by atomic mass is 9.93. The monoisotopic (exact) mass is 298 g/mol. The van der Waals surface area contributed by atoms with E-state index < -0.39 is 0 Å². The second-order valence-electron chi connectivity index (χ2n) is 5.96. The van der Waals surface area contributed by atoms with Crippen molar-refractivity contribution in [3.8, 4) is 0 Å². The molecule has 1 aliphatic carbocycles. The van der Waals surface area contributed by atoms with E-state index in [-0.39, 0.29) is 17.7 Å². The van der Waals surface area contributed by atoms with Crippen molar-refractivity contribution in [2.75, 3.05) is 26.2 Å². The van der Waals surface area contributed by atoms with Gasteiger partial charge in [0, 0.05) is 37.7 Å². The summed E-state index contributed by atoms with van der Waals surface area (Å²) in [5.41, 5.74) is 0.722. The van der Waals surface area contributed by atoms with Gasteiger partial charge in [-0.05, 0) is 31.4 Å². The van der Waals surface area contributed by atoms with Crippen LogP contribution in [0.3, 0.4) is 0 Å². The second-order valence-corrected chi connectivity index (χ2v) is 5.96. The summed E-state index contributed by atoms with van der Waals surface area (Å²) in [6, 6.07) is 9.35. The number of amides is 2. The maximum absolute atomic E-state index is 12.5. The molecule has 1 aromatic carbocycles. The minimum Gasteiger partial charge on any atom is -0.339 e. The zero-order chi connectivity index (χ0) is 15.4. The quantitative estimate of drug-likeness (QED) is 0.786. The number of allylic oxidation sites excluding steroid dienone is 2. The summed E-state index contributed by atoms with van der Waals surface area (Å²) < 4.78 is 0. The number of hydrogen-bond acceptors (Lipinski definition) is 2. The molecule has 1 fully saturated rings. The van der Waals surface area contributed by atoms with Gasteiger partial charge in [0.05, 0.1) is 0 Å².